The summed E-state index contributed by atoms with van der Waals surface area (Å²) in [6.45, 7) is 4.80. The average molecular weight is 169 g/mol. The second-order valence-electron chi connectivity index (χ2n) is 4.06. The molecule has 1 rings (SSSR count). The van der Waals surface area contributed by atoms with Gasteiger partial charge in [0, 0.05) is 0 Å². The molecule has 72 valence electrons. The van der Waals surface area contributed by atoms with Crippen molar-refractivity contribution in [2.24, 2.45) is 5.92 Å². The molecule has 1 N–H and O–H groups in total. The van der Waals surface area contributed by atoms with Crippen LogP contribution in [0.1, 0.15) is 51.9 Å². The minimum atomic E-state index is 1.02. The van der Waals surface area contributed by atoms with Gasteiger partial charge in [0.1, 0.15) is 0 Å². The van der Waals surface area contributed by atoms with Crippen LogP contribution < -0.4 is 5.32 Å². The van der Waals surface area contributed by atoms with Crippen molar-refractivity contribution in [2.75, 3.05) is 13.1 Å². The Bertz CT molecular complexity index is 97.2. The largest absolute Gasteiger partial charge is 0.316 e. The maximum absolute atomic E-state index is 3.55. The third-order valence-electron chi connectivity index (χ3n) is 2.86. The van der Waals surface area contributed by atoms with Gasteiger partial charge in [-0.3, -0.25) is 0 Å². The molecule has 1 heteroatoms. The van der Waals surface area contributed by atoms with Gasteiger partial charge in [-0.1, -0.05) is 32.6 Å². The van der Waals surface area contributed by atoms with E-state index in [1.165, 1.54) is 58.0 Å². The molecule has 1 aliphatic carbocycles. The van der Waals surface area contributed by atoms with Crippen molar-refractivity contribution in [2.45, 2.75) is 51.9 Å². The Morgan fingerprint density at radius 3 is 2.58 bits per heavy atom. The summed E-state index contributed by atoms with van der Waals surface area (Å²) in [5.74, 6) is 1.02. The Balaban J connectivity index is 1.70. The van der Waals surface area contributed by atoms with Crippen LogP contribution in [0.5, 0.6) is 0 Å². The van der Waals surface area contributed by atoms with Crippen LogP contribution in [0.4, 0.5) is 0 Å². The summed E-state index contributed by atoms with van der Waals surface area (Å²) in [6, 6.07) is 0. The molecule has 1 saturated carbocycles. The summed E-state index contributed by atoms with van der Waals surface area (Å²) < 4.78 is 0. The lowest BCUT2D eigenvalue weighted by Crippen LogP contribution is -2.27. The molecule has 0 saturated heterocycles. The van der Waals surface area contributed by atoms with Crippen molar-refractivity contribution in [1.82, 2.24) is 5.32 Å². The zero-order valence-corrected chi connectivity index (χ0v) is 8.44. The molecule has 1 fully saturated rings. The first-order valence-corrected chi connectivity index (χ1v) is 5.64. The zero-order chi connectivity index (χ0) is 8.65. The molecule has 1 nitrogen and oxygen atoms in total. The van der Waals surface area contributed by atoms with Crippen molar-refractivity contribution in [3.63, 3.8) is 0 Å². The van der Waals surface area contributed by atoms with E-state index in [0.29, 0.717) is 0 Å². The van der Waals surface area contributed by atoms with Gasteiger partial charge in [0.05, 0.1) is 0 Å². The first kappa shape index (κ1) is 10.0. The summed E-state index contributed by atoms with van der Waals surface area (Å²) in [6.07, 6.45) is 9.97. The van der Waals surface area contributed by atoms with E-state index in [0.717, 1.165) is 5.92 Å². The van der Waals surface area contributed by atoms with Gasteiger partial charge in [-0.15, -0.1) is 0 Å². The highest BCUT2D eigenvalue weighted by Gasteiger charge is 2.15. The Morgan fingerprint density at radius 2 is 2.00 bits per heavy atom. The van der Waals surface area contributed by atoms with E-state index in [1.807, 2.05) is 0 Å². The van der Waals surface area contributed by atoms with Crippen molar-refractivity contribution >= 4 is 0 Å². The molecule has 0 aliphatic heterocycles. The van der Waals surface area contributed by atoms with Crippen LogP contribution in [0.3, 0.4) is 0 Å². The highest BCUT2D eigenvalue weighted by atomic mass is 14.9. The number of hydrogen-bond acceptors (Lipinski definition) is 1. The van der Waals surface area contributed by atoms with Crippen LogP contribution in [0, 0.1) is 5.92 Å². The molecule has 0 atom stereocenters. The zero-order valence-electron chi connectivity index (χ0n) is 8.44. The number of rotatable bonds is 7. The van der Waals surface area contributed by atoms with Gasteiger partial charge in [-0.05, 0) is 38.3 Å². The predicted molar refractivity (Wildman–Crippen MR) is 54.4 cm³/mol. The number of hydrogen-bond donors (Lipinski definition) is 1. The van der Waals surface area contributed by atoms with Gasteiger partial charge in [-0.2, -0.15) is 0 Å². The van der Waals surface area contributed by atoms with Gasteiger partial charge >= 0.3 is 0 Å². The summed E-state index contributed by atoms with van der Waals surface area (Å²) >= 11 is 0. The van der Waals surface area contributed by atoms with Crippen LogP contribution in [-0.2, 0) is 0 Å². The first-order chi connectivity index (χ1) is 5.93. The predicted octanol–water partition coefficient (Wildman–Crippen LogP) is 2.96. The number of nitrogens with one attached hydrogen (secondary N) is 1. The molecule has 0 bridgehead atoms. The third-order valence-corrected chi connectivity index (χ3v) is 2.86. The van der Waals surface area contributed by atoms with Gasteiger partial charge in [0.25, 0.3) is 0 Å². The van der Waals surface area contributed by atoms with E-state index in [1.54, 1.807) is 0 Å². The molecular weight excluding hydrogens is 146 g/mol. The molecular formula is C11H23N. The summed E-state index contributed by atoms with van der Waals surface area (Å²) in [7, 11) is 0. The molecule has 0 radical (unpaired) electrons. The molecule has 1 aliphatic rings. The van der Waals surface area contributed by atoms with Crippen molar-refractivity contribution in [3.05, 3.63) is 0 Å². The lowest BCUT2D eigenvalue weighted by molar-refractivity contribution is 0.301. The van der Waals surface area contributed by atoms with E-state index in [4.69, 9.17) is 0 Å². The van der Waals surface area contributed by atoms with E-state index < -0.39 is 0 Å². The van der Waals surface area contributed by atoms with Gasteiger partial charge < -0.3 is 5.32 Å². The minimum absolute atomic E-state index is 1.02. The maximum Gasteiger partial charge on any atom is -0.00205 e. The Kier molecular flexibility index (Phi) is 5.42. The van der Waals surface area contributed by atoms with Crippen molar-refractivity contribution < 1.29 is 0 Å². The second-order valence-corrected chi connectivity index (χ2v) is 4.06. The summed E-state index contributed by atoms with van der Waals surface area (Å²) in [5, 5.41) is 3.55. The quantitative estimate of drug-likeness (QED) is 0.578. The lowest BCUT2D eigenvalue weighted by Gasteiger charge is -2.25. The van der Waals surface area contributed by atoms with Crippen LogP contribution >= 0.6 is 0 Å². The summed E-state index contributed by atoms with van der Waals surface area (Å²) in [4.78, 5) is 0. The van der Waals surface area contributed by atoms with Crippen LogP contribution in [-0.4, -0.2) is 13.1 Å². The van der Waals surface area contributed by atoms with E-state index >= 15 is 0 Å². The molecule has 0 unspecified atom stereocenters. The van der Waals surface area contributed by atoms with E-state index in [-0.39, 0.29) is 0 Å². The fourth-order valence-electron chi connectivity index (χ4n) is 1.68. The minimum Gasteiger partial charge on any atom is -0.316 e. The fraction of sp³-hybridized carbons (Fsp3) is 1.00. The first-order valence-electron chi connectivity index (χ1n) is 5.64. The monoisotopic (exact) mass is 169 g/mol. The standard InChI is InChI=1S/C11H23N/c1-2-3-4-5-9-12-10-11-7-6-8-11/h11-12H,2-10H2,1H3. The van der Waals surface area contributed by atoms with E-state index in [2.05, 4.69) is 12.2 Å². The van der Waals surface area contributed by atoms with Gasteiger partial charge in [0.2, 0.25) is 0 Å². The topological polar surface area (TPSA) is 12.0 Å². The third kappa shape index (κ3) is 4.10. The highest BCUT2D eigenvalue weighted by molar-refractivity contribution is 4.71. The van der Waals surface area contributed by atoms with Gasteiger partial charge in [0.15, 0.2) is 0 Å². The highest BCUT2D eigenvalue weighted by Crippen LogP contribution is 2.24. The van der Waals surface area contributed by atoms with Crippen LogP contribution in [0.2, 0.25) is 0 Å². The van der Waals surface area contributed by atoms with Crippen molar-refractivity contribution in [1.29, 1.82) is 0 Å². The molecule has 0 aromatic rings. The fourth-order valence-corrected chi connectivity index (χ4v) is 1.68. The molecule has 12 heavy (non-hydrogen) atoms. The smallest absolute Gasteiger partial charge is 0.00205 e. The molecule has 0 spiro atoms. The Morgan fingerprint density at radius 1 is 1.17 bits per heavy atom. The summed E-state index contributed by atoms with van der Waals surface area (Å²) in [5.41, 5.74) is 0. The molecule has 0 aromatic heterocycles. The second kappa shape index (κ2) is 6.47. The molecule has 0 heterocycles. The average Bonchev–Trinajstić information content (AvgIpc) is 2.00. The normalized spacial score (nSPS) is 17.8. The van der Waals surface area contributed by atoms with Gasteiger partial charge in [-0.25, -0.2) is 0 Å². The molecule has 0 amide bonds. The Labute approximate surface area is 76.9 Å². The number of unbranched alkanes of at least 4 members (excludes halogenated alkanes) is 3. The lowest BCUT2D eigenvalue weighted by atomic mass is 9.85. The maximum atomic E-state index is 3.55. The van der Waals surface area contributed by atoms with Crippen molar-refractivity contribution in [3.8, 4) is 0 Å². The van der Waals surface area contributed by atoms with Crippen LogP contribution in [0.25, 0.3) is 0 Å². The van der Waals surface area contributed by atoms with E-state index in [9.17, 15) is 0 Å². The van der Waals surface area contributed by atoms with Crippen LogP contribution in [0.15, 0.2) is 0 Å². The molecule has 0 aromatic carbocycles. The Hall–Kier alpha value is -0.0400. The SMILES string of the molecule is CCCCCCNCC1CCC1.